The summed E-state index contributed by atoms with van der Waals surface area (Å²) in [5.41, 5.74) is -1.27. The van der Waals surface area contributed by atoms with Crippen LogP contribution in [0.4, 0.5) is 4.79 Å². The highest BCUT2D eigenvalue weighted by Crippen LogP contribution is 2.39. The zero-order valence-corrected chi connectivity index (χ0v) is 12.2. The Balaban J connectivity index is 2.71. The highest BCUT2D eigenvalue weighted by Gasteiger charge is 2.42. The molecule has 1 rings (SSSR count). The zero-order valence-electron chi connectivity index (χ0n) is 12.2. The molecule has 112 valence electrons. The molecule has 0 heterocycles. The van der Waals surface area contributed by atoms with Crippen LogP contribution in [-0.4, -0.2) is 40.7 Å². The van der Waals surface area contributed by atoms with Crippen LogP contribution in [0, 0.1) is 5.92 Å². The lowest BCUT2D eigenvalue weighted by atomic mass is 9.78. The molecule has 1 saturated carbocycles. The van der Waals surface area contributed by atoms with Crippen molar-refractivity contribution in [2.24, 2.45) is 5.92 Å². The molecule has 19 heavy (non-hydrogen) atoms. The van der Waals surface area contributed by atoms with Gasteiger partial charge in [0.15, 0.2) is 0 Å². The average molecular weight is 273 g/mol. The minimum absolute atomic E-state index is 0.0307. The van der Waals surface area contributed by atoms with Crippen molar-refractivity contribution in [3.05, 3.63) is 0 Å². The van der Waals surface area contributed by atoms with Gasteiger partial charge in [0.2, 0.25) is 0 Å². The summed E-state index contributed by atoms with van der Waals surface area (Å²) in [5.74, 6) is -0.0307. The minimum atomic E-state index is -1.03. The van der Waals surface area contributed by atoms with E-state index in [9.17, 15) is 9.90 Å². The molecular formula is C14H27NO4. The van der Waals surface area contributed by atoms with Crippen LogP contribution >= 0.6 is 0 Å². The van der Waals surface area contributed by atoms with E-state index in [1.54, 1.807) is 0 Å². The van der Waals surface area contributed by atoms with E-state index in [0.717, 1.165) is 25.7 Å². The summed E-state index contributed by atoms with van der Waals surface area (Å²) < 4.78 is 5.49. The molecule has 5 heteroatoms. The lowest BCUT2D eigenvalue weighted by Gasteiger charge is -2.38. The summed E-state index contributed by atoms with van der Waals surface area (Å²) in [6, 6.07) is 0. The van der Waals surface area contributed by atoms with Crippen molar-refractivity contribution in [3.63, 3.8) is 0 Å². The topological polar surface area (TPSA) is 78.8 Å². The molecule has 1 fully saturated rings. The van der Waals surface area contributed by atoms with Crippen LogP contribution in [0.1, 0.15) is 52.9 Å². The van der Waals surface area contributed by atoms with Crippen molar-refractivity contribution in [1.29, 1.82) is 0 Å². The molecule has 0 unspecified atom stereocenters. The summed E-state index contributed by atoms with van der Waals surface area (Å²) in [6.45, 7) is 6.71. The summed E-state index contributed by atoms with van der Waals surface area (Å²) in [5, 5.41) is 22.1. The van der Waals surface area contributed by atoms with Gasteiger partial charge in [0, 0.05) is 18.1 Å². The Kier molecular flexibility index (Phi) is 5.62. The number of amides is 1. The number of carboxylic acid groups (broad SMARTS) is 1. The summed E-state index contributed by atoms with van der Waals surface area (Å²) in [4.78, 5) is 10.8. The summed E-state index contributed by atoms with van der Waals surface area (Å²) in [7, 11) is 0. The fourth-order valence-corrected chi connectivity index (χ4v) is 3.02. The first-order chi connectivity index (χ1) is 8.79. The number of hydrogen-bond acceptors (Lipinski definition) is 3. The van der Waals surface area contributed by atoms with E-state index < -0.39 is 17.2 Å². The molecular weight excluding hydrogens is 246 g/mol. The molecule has 3 N–H and O–H groups in total. The molecule has 1 amide bonds. The van der Waals surface area contributed by atoms with E-state index in [2.05, 4.69) is 5.32 Å². The Labute approximate surface area is 115 Å². The van der Waals surface area contributed by atoms with Crippen molar-refractivity contribution in [3.8, 4) is 0 Å². The summed E-state index contributed by atoms with van der Waals surface area (Å²) >= 11 is 0. The second-order valence-corrected chi connectivity index (χ2v) is 6.19. The first-order valence-electron chi connectivity index (χ1n) is 7.10. The van der Waals surface area contributed by atoms with E-state index in [1.807, 2.05) is 20.8 Å². The molecule has 0 aromatic rings. The van der Waals surface area contributed by atoms with Gasteiger partial charge >= 0.3 is 6.09 Å². The number of ether oxygens (including phenoxy) is 1. The van der Waals surface area contributed by atoms with Gasteiger partial charge < -0.3 is 20.3 Å². The van der Waals surface area contributed by atoms with Crippen LogP contribution in [0.5, 0.6) is 0 Å². The van der Waals surface area contributed by atoms with Gasteiger partial charge in [-0.1, -0.05) is 12.8 Å². The molecule has 0 saturated heterocycles. The van der Waals surface area contributed by atoms with E-state index in [-0.39, 0.29) is 5.92 Å². The van der Waals surface area contributed by atoms with Gasteiger partial charge in [0.1, 0.15) is 0 Å². The van der Waals surface area contributed by atoms with Gasteiger partial charge in [-0.2, -0.15) is 0 Å². The second-order valence-electron chi connectivity index (χ2n) is 6.19. The lowest BCUT2D eigenvalue weighted by molar-refractivity contribution is -0.0595. The number of hydrogen-bond donors (Lipinski definition) is 3. The SMILES string of the molecule is CCOC[C@@H](CC(C)(C)NC(=O)O)C1(O)CCCC1. The van der Waals surface area contributed by atoms with E-state index in [4.69, 9.17) is 9.84 Å². The predicted molar refractivity (Wildman–Crippen MR) is 73.3 cm³/mol. The third-order valence-electron chi connectivity index (χ3n) is 3.95. The van der Waals surface area contributed by atoms with Gasteiger partial charge in [0.25, 0.3) is 0 Å². The molecule has 0 spiro atoms. The quantitative estimate of drug-likeness (QED) is 0.665. The van der Waals surface area contributed by atoms with Crippen molar-refractivity contribution >= 4 is 6.09 Å². The molecule has 5 nitrogen and oxygen atoms in total. The van der Waals surface area contributed by atoms with Crippen LogP contribution < -0.4 is 5.32 Å². The molecule has 0 aliphatic heterocycles. The Morgan fingerprint density at radius 3 is 2.47 bits per heavy atom. The molecule has 0 aromatic carbocycles. The first kappa shape index (κ1) is 16.2. The fourth-order valence-electron chi connectivity index (χ4n) is 3.02. The third-order valence-corrected chi connectivity index (χ3v) is 3.95. The van der Waals surface area contributed by atoms with Gasteiger partial charge in [-0.15, -0.1) is 0 Å². The highest BCUT2D eigenvalue weighted by atomic mass is 16.5. The normalized spacial score (nSPS) is 20.2. The number of aliphatic hydroxyl groups is 1. The molecule has 0 aromatic heterocycles. The van der Waals surface area contributed by atoms with Crippen LogP contribution in [0.3, 0.4) is 0 Å². The maximum atomic E-state index is 10.8. The standard InChI is InChI=1S/C14H27NO4/c1-4-19-10-11(14(18)7-5-6-8-14)9-13(2,3)15-12(16)17/h11,15,18H,4-10H2,1-3H3,(H,16,17)/t11-/m1/s1. The largest absolute Gasteiger partial charge is 0.465 e. The second kappa shape index (κ2) is 6.57. The van der Waals surface area contributed by atoms with Gasteiger partial charge in [-0.25, -0.2) is 4.79 Å². The van der Waals surface area contributed by atoms with Crippen molar-refractivity contribution in [1.82, 2.24) is 5.32 Å². The number of carbonyl (C=O) groups is 1. The highest BCUT2D eigenvalue weighted by molar-refractivity contribution is 5.65. The van der Waals surface area contributed by atoms with Crippen molar-refractivity contribution in [2.45, 2.75) is 64.0 Å². The monoisotopic (exact) mass is 273 g/mol. The minimum Gasteiger partial charge on any atom is -0.465 e. The molecule has 1 aliphatic carbocycles. The van der Waals surface area contributed by atoms with Gasteiger partial charge in [0.05, 0.1) is 12.2 Å². The van der Waals surface area contributed by atoms with Crippen LogP contribution in [0.15, 0.2) is 0 Å². The van der Waals surface area contributed by atoms with E-state index >= 15 is 0 Å². The van der Waals surface area contributed by atoms with Crippen LogP contribution in [0.2, 0.25) is 0 Å². The number of nitrogens with one attached hydrogen (secondary N) is 1. The molecule has 0 radical (unpaired) electrons. The Bertz CT molecular complexity index is 298. The molecule has 1 aliphatic rings. The first-order valence-corrected chi connectivity index (χ1v) is 7.10. The maximum Gasteiger partial charge on any atom is 0.405 e. The number of rotatable bonds is 7. The van der Waals surface area contributed by atoms with Crippen LogP contribution in [0.25, 0.3) is 0 Å². The Morgan fingerprint density at radius 1 is 1.42 bits per heavy atom. The van der Waals surface area contributed by atoms with E-state index in [1.165, 1.54) is 0 Å². The fraction of sp³-hybridized carbons (Fsp3) is 0.929. The molecule has 0 bridgehead atoms. The van der Waals surface area contributed by atoms with Crippen LogP contribution in [-0.2, 0) is 4.74 Å². The zero-order chi connectivity index (χ0) is 14.5. The van der Waals surface area contributed by atoms with Gasteiger partial charge in [-0.05, 0) is 40.0 Å². The van der Waals surface area contributed by atoms with Gasteiger partial charge in [-0.3, -0.25) is 0 Å². The average Bonchev–Trinajstić information content (AvgIpc) is 2.70. The smallest absolute Gasteiger partial charge is 0.405 e. The Morgan fingerprint density at radius 2 is 2.00 bits per heavy atom. The van der Waals surface area contributed by atoms with E-state index in [0.29, 0.717) is 19.6 Å². The predicted octanol–water partition coefficient (Wildman–Crippen LogP) is 2.38. The van der Waals surface area contributed by atoms with Crippen molar-refractivity contribution < 1.29 is 19.7 Å². The third kappa shape index (κ3) is 4.99. The maximum absolute atomic E-state index is 10.8. The Hall–Kier alpha value is -0.810. The molecule has 1 atom stereocenters. The summed E-state index contributed by atoms with van der Waals surface area (Å²) in [6.07, 6.45) is 3.19. The van der Waals surface area contributed by atoms with Crippen molar-refractivity contribution in [2.75, 3.05) is 13.2 Å². The lowest BCUT2D eigenvalue weighted by Crippen LogP contribution is -2.49.